The van der Waals surface area contributed by atoms with Crippen molar-refractivity contribution in [1.82, 2.24) is 0 Å². The van der Waals surface area contributed by atoms with Crippen LogP contribution in [0.4, 0.5) is 0 Å². The molecule has 0 bridgehead atoms. The van der Waals surface area contributed by atoms with Crippen LogP contribution in [-0.2, 0) is 0 Å². The SMILES string of the molecule is ClSCl.O=C1C=CC(=O)c2ccccc21. The zero-order valence-electron chi connectivity index (χ0n) is 7.44. The molecule has 1 aliphatic rings. The molecule has 2 rings (SSSR count). The second-order valence-corrected chi connectivity index (χ2v) is 4.18. The summed E-state index contributed by atoms with van der Waals surface area (Å²) < 4.78 is 0. The Morgan fingerprint density at radius 3 is 1.53 bits per heavy atom. The Hall–Kier alpha value is -0.770. The minimum absolute atomic E-state index is 0.0924. The molecule has 15 heavy (non-hydrogen) atoms. The number of hydrogen-bond donors (Lipinski definition) is 0. The average molecular weight is 261 g/mol. The summed E-state index contributed by atoms with van der Waals surface area (Å²) in [4.78, 5) is 22.4. The number of carbonyl (C=O) groups is 2. The van der Waals surface area contributed by atoms with Gasteiger partial charge in [0, 0.05) is 11.1 Å². The second-order valence-electron chi connectivity index (χ2n) is 2.67. The van der Waals surface area contributed by atoms with Crippen LogP contribution in [0.15, 0.2) is 36.4 Å². The van der Waals surface area contributed by atoms with E-state index in [1.807, 2.05) is 0 Å². The van der Waals surface area contributed by atoms with Gasteiger partial charge in [0.15, 0.2) is 11.6 Å². The maximum atomic E-state index is 11.2. The molecule has 0 saturated heterocycles. The summed E-state index contributed by atoms with van der Waals surface area (Å²) in [7, 11) is 10.1. The first-order valence-electron chi connectivity index (χ1n) is 3.95. The van der Waals surface area contributed by atoms with E-state index in [0.717, 1.165) is 0 Å². The predicted molar refractivity (Wildman–Crippen MR) is 63.5 cm³/mol. The smallest absolute Gasteiger partial charge is 0.186 e. The molecule has 0 saturated carbocycles. The van der Waals surface area contributed by atoms with Crippen LogP contribution in [0.5, 0.6) is 0 Å². The maximum absolute atomic E-state index is 11.2. The minimum Gasteiger partial charge on any atom is -0.289 e. The number of fused-ring (bicyclic) bond motifs is 1. The lowest BCUT2D eigenvalue weighted by molar-refractivity contribution is 0.0994. The predicted octanol–water partition coefficient (Wildman–Crippen LogP) is 3.65. The summed E-state index contributed by atoms with van der Waals surface area (Å²) in [6.45, 7) is 0. The van der Waals surface area contributed by atoms with Gasteiger partial charge in [-0.25, -0.2) is 0 Å². The van der Waals surface area contributed by atoms with E-state index in [1.54, 1.807) is 24.3 Å². The Bertz CT molecular complexity index is 379. The normalized spacial score (nSPS) is 12.9. The molecule has 0 spiro atoms. The van der Waals surface area contributed by atoms with E-state index in [2.05, 4.69) is 21.4 Å². The van der Waals surface area contributed by atoms with Gasteiger partial charge in [0.2, 0.25) is 0 Å². The van der Waals surface area contributed by atoms with Crippen LogP contribution in [0.2, 0.25) is 0 Å². The molecule has 0 N–H and O–H groups in total. The van der Waals surface area contributed by atoms with Gasteiger partial charge in [-0.05, 0) is 33.5 Å². The lowest BCUT2D eigenvalue weighted by Crippen LogP contribution is -2.10. The van der Waals surface area contributed by atoms with Crippen LogP contribution in [0.3, 0.4) is 0 Å². The molecule has 1 aromatic carbocycles. The van der Waals surface area contributed by atoms with Crippen LogP contribution < -0.4 is 0 Å². The molecule has 0 fully saturated rings. The molecule has 0 radical (unpaired) electrons. The van der Waals surface area contributed by atoms with E-state index in [9.17, 15) is 9.59 Å². The highest BCUT2D eigenvalue weighted by Gasteiger charge is 2.16. The molecule has 1 aromatic rings. The quantitative estimate of drug-likeness (QED) is 0.714. The molecule has 0 aliphatic heterocycles. The standard InChI is InChI=1S/C10H6O2.Cl2S/c11-9-5-6-10(12)8-4-2-1-3-7(8)9;1-3-2/h1-6H;. The number of carbonyl (C=O) groups excluding carboxylic acids is 2. The zero-order chi connectivity index (χ0) is 11.3. The van der Waals surface area contributed by atoms with Gasteiger partial charge in [-0.1, -0.05) is 24.3 Å². The molecule has 2 nitrogen and oxygen atoms in total. The van der Waals surface area contributed by atoms with Crippen LogP contribution in [0, 0.1) is 0 Å². The lowest BCUT2D eigenvalue weighted by atomic mass is 9.95. The van der Waals surface area contributed by atoms with E-state index >= 15 is 0 Å². The van der Waals surface area contributed by atoms with Crippen molar-refractivity contribution in [1.29, 1.82) is 0 Å². The third-order valence-electron chi connectivity index (χ3n) is 1.84. The molecule has 78 valence electrons. The van der Waals surface area contributed by atoms with E-state index in [-0.39, 0.29) is 11.6 Å². The third kappa shape index (κ3) is 3.09. The van der Waals surface area contributed by atoms with E-state index in [0.29, 0.717) is 21.3 Å². The Balaban J connectivity index is 0.000000337. The van der Waals surface area contributed by atoms with Crippen molar-refractivity contribution in [2.24, 2.45) is 0 Å². The van der Waals surface area contributed by atoms with Gasteiger partial charge < -0.3 is 0 Å². The fraction of sp³-hybridized carbons (Fsp3) is 0. The van der Waals surface area contributed by atoms with Gasteiger partial charge >= 0.3 is 0 Å². The van der Waals surface area contributed by atoms with Crippen molar-refractivity contribution in [3.05, 3.63) is 47.5 Å². The number of ketones is 2. The van der Waals surface area contributed by atoms with Crippen LogP contribution >= 0.6 is 31.6 Å². The molecule has 0 atom stereocenters. The molecule has 0 amide bonds. The molecule has 5 heteroatoms. The Morgan fingerprint density at radius 2 is 1.20 bits per heavy atom. The topological polar surface area (TPSA) is 34.1 Å². The summed E-state index contributed by atoms with van der Waals surface area (Å²) >= 11 is 0. The Labute approximate surface area is 100 Å². The van der Waals surface area contributed by atoms with Crippen molar-refractivity contribution >= 4 is 43.1 Å². The summed E-state index contributed by atoms with van der Waals surface area (Å²) in [6, 6.07) is 6.84. The molecule has 0 aromatic heterocycles. The largest absolute Gasteiger partial charge is 0.289 e. The Morgan fingerprint density at radius 1 is 0.867 bits per heavy atom. The van der Waals surface area contributed by atoms with Crippen LogP contribution in [0.1, 0.15) is 20.7 Å². The van der Waals surface area contributed by atoms with E-state index in [4.69, 9.17) is 0 Å². The number of hydrogen-bond acceptors (Lipinski definition) is 3. The van der Waals surface area contributed by atoms with Crippen LogP contribution in [0.25, 0.3) is 0 Å². The molecule has 0 unspecified atom stereocenters. The number of allylic oxidation sites excluding steroid dienone is 2. The number of benzene rings is 1. The molecular weight excluding hydrogens is 255 g/mol. The summed E-state index contributed by atoms with van der Waals surface area (Å²) in [5.41, 5.74) is 1.01. The maximum Gasteiger partial charge on any atom is 0.186 e. The second kappa shape index (κ2) is 5.95. The third-order valence-corrected chi connectivity index (χ3v) is 1.84. The average Bonchev–Trinajstić information content (AvgIpc) is 2.25. The number of rotatable bonds is 0. The first kappa shape index (κ1) is 12.3. The van der Waals surface area contributed by atoms with Crippen molar-refractivity contribution < 1.29 is 9.59 Å². The summed E-state index contributed by atoms with van der Waals surface area (Å²) in [5.74, 6) is -0.185. The van der Waals surface area contributed by atoms with Crippen molar-refractivity contribution in [2.45, 2.75) is 0 Å². The van der Waals surface area contributed by atoms with Gasteiger partial charge in [0.25, 0.3) is 0 Å². The van der Waals surface area contributed by atoms with Gasteiger partial charge in [0.05, 0.1) is 10.2 Å². The van der Waals surface area contributed by atoms with E-state index < -0.39 is 0 Å². The monoisotopic (exact) mass is 260 g/mol. The summed E-state index contributed by atoms with van der Waals surface area (Å²) in [6.07, 6.45) is 2.62. The van der Waals surface area contributed by atoms with Gasteiger partial charge in [0.1, 0.15) is 0 Å². The Kier molecular flexibility index (Phi) is 4.88. The zero-order valence-corrected chi connectivity index (χ0v) is 9.77. The highest BCUT2D eigenvalue weighted by molar-refractivity contribution is 8.38. The summed E-state index contributed by atoms with van der Waals surface area (Å²) in [5, 5.41) is 0. The van der Waals surface area contributed by atoms with Gasteiger partial charge in [-0.15, -0.1) is 0 Å². The van der Waals surface area contributed by atoms with Crippen molar-refractivity contribution in [2.75, 3.05) is 0 Å². The van der Waals surface area contributed by atoms with Crippen molar-refractivity contribution in [3.8, 4) is 0 Å². The first-order valence-corrected chi connectivity index (χ1v) is 6.42. The molecule has 1 aliphatic carbocycles. The first-order chi connectivity index (χ1) is 7.20. The van der Waals surface area contributed by atoms with Gasteiger partial charge in [-0.3, -0.25) is 9.59 Å². The minimum atomic E-state index is -0.0924. The van der Waals surface area contributed by atoms with Crippen molar-refractivity contribution in [3.63, 3.8) is 0 Å². The molecular formula is C10H6Cl2O2S. The van der Waals surface area contributed by atoms with Crippen LogP contribution in [-0.4, -0.2) is 11.6 Å². The molecule has 0 heterocycles. The van der Waals surface area contributed by atoms with Gasteiger partial charge in [-0.2, -0.15) is 0 Å². The number of halogens is 2. The lowest BCUT2D eigenvalue weighted by Gasteiger charge is -2.06. The fourth-order valence-electron chi connectivity index (χ4n) is 1.24. The van der Waals surface area contributed by atoms with E-state index in [1.165, 1.54) is 12.2 Å². The highest BCUT2D eigenvalue weighted by atomic mass is 36.0. The fourth-order valence-corrected chi connectivity index (χ4v) is 1.24. The highest BCUT2D eigenvalue weighted by Crippen LogP contribution is 2.15.